The molecule has 2 aromatic carbocycles. The van der Waals surface area contributed by atoms with Gasteiger partial charge < -0.3 is 15.0 Å². The van der Waals surface area contributed by atoms with Gasteiger partial charge in [0.15, 0.2) is 0 Å². The lowest BCUT2D eigenvalue weighted by molar-refractivity contribution is -0.141. The fraction of sp³-hybridized carbons (Fsp3) is 0.367. The molecular formula is C30H29ClF4N4O5S. The first-order valence-corrected chi connectivity index (χ1v) is 15.8. The molecule has 1 aliphatic carbocycles. The molecule has 1 saturated carbocycles. The smallest absolute Gasteiger partial charge is 0.433 e. The highest BCUT2D eigenvalue weighted by Gasteiger charge is 2.58. The number of alkyl carbamates (subject to hydrolysis) is 1. The van der Waals surface area contributed by atoms with E-state index in [4.69, 9.17) is 16.3 Å². The molecule has 5 rings (SSSR count). The average molecular weight is 669 g/mol. The van der Waals surface area contributed by atoms with E-state index in [9.17, 15) is 35.6 Å². The van der Waals surface area contributed by atoms with Crippen LogP contribution < -0.4 is 5.32 Å². The second-order valence-corrected chi connectivity index (χ2v) is 13.6. The van der Waals surface area contributed by atoms with Gasteiger partial charge in [0.25, 0.3) is 5.91 Å². The SMILES string of the molecule is C[C@H](CNC(=O)OCc1ccccc1)N(C(=O)c1cnc(C(F)(F)F)cc1Cl)C1CC2(C1)CN(S(=O)(=O)c1ccccc1F)C2. The first kappa shape index (κ1) is 32.6. The Balaban J connectivity index is 1.28. The van der Waals surface area contributed by atoms with Gasteiger partial charge in [0.05, 0.1) is 10.6 Å². The fourth-order valence-electron chi connectivity index (χ4n) is 5.77. The van der Waals surface area contributed by atoms with Crippen LogP contribution in [0.15, 0.2) is 71.8 Å². The molecule has 1 spiro atoms. The van der Waals surface area contributed by atoms with Gasteiger partial charge in [-0.1, -0.05) is 54.1 Å². The molecular weight excluding hydrogens is 640 g/mol. The van der Waals surface area contributed by atoms with E-state index < -0.39 is 67.1 Å². The molecule has 1 aliphatic heterocycles. The number of sulfonamides is 1. The maximum Gasteiger partial charge on any atom is 0.433 e. The largest absolute Gasteiger partial charge is 0.445 e. The molecule has 9 nitrogen and oxygen atoms in total. The average Bonchev–Trinajstić information content (AvgIpc) is 2.95. The molecule has 1 N–H and O–H groups in total. The number of carbonyl (C=O) groups is 2. The Kier molecular flexibility index (Phi) is 9.11. The fourth-order valence-corrected chi connectivity index (χ4v) is 7.74. The summed E-state index contributed by atoms with van der Waals surface area (Å²) in [5.74, 6) is -1.55. The minimum Gasteiger partial charge on any atom is -0.445 e. The number of nitrogens with zero attached hydrogens (tertiary/aromatic N) is 3. The van der Waals surface area contributed by atoms with E-state index in [0.29, 0.717) is 18.9 Å². The Morgan fingerprint density at radius 2 is 1.78 bits per heavy atom. The lowest BCUT2D eigenvalue weighted by Gasteiger charge is -2.60. The predicted molar refractivity (Wildman–Crippen MR) is 155 cm³/mol. The van der Waals surface area contributed by atoms with Gasteiger partial charge in [-0.25, -0.2) is 17.6 Å². The summed E-state index contributed by atoms with van der Waals surface area (Å²) in [6.45, 7) is 1.85. The standard InChI is InChI=1S/C30H29ClF4N4O5S/c1-19(14-37-28(41)44-16-20-7-3-2-4-8-20)39(27(40)22-15-36-26(11-23(22)31)30(33,34)35)21-12-29(13-21)17-38(18-29)45(42,43)25-10-6-5-9-24(25)32/h2-11,15,19,21H,12-14,16-18H2,1H3,(H,37,41)/t19-/m1/s1. The maximum atomic E-state index is 14.2. The minimum absolute atomic E-state index is 0.0218. The molecule has 1 atom stereocenters. The summed E-state index contributed by atoms with van der Waals surface area (Å²) in [5.41, 5.74) is -1.19. The van der Waals surface area contributed by atoms with Crippen molar-refractivity contribution in [1.82, 2.24) is 19.5 Å². The van der Waals surface area contributed by atoms with Crippen molar-refractivity contribution in [2.24, 2.45) is 5.41 Å². The third-order valence-corrected chi connectivity index (χ3v) is 10.2. The molecule has 2 amide bonds. The van der Waals surface area contributed by atoms with E-state index in [1.54, 1.807) is 31.2 Å². The van der Waals surface area contributed by atoms with Crippen molar-refractivity contribution >= 4 is 33.6 Å². The number of nitrogens with one attached hydrogen (secondary N) is 1. The summed E-state index contributed by atoms with van der Waals surface area (Å²) in [4.78, 5) is 30.5. The number of hydrogen-bond donors (Lipinski definition) is 1. The highest BCUT2D eigenvalue weighted by molar-refractivity contribution is 7.89. The number of amides is 2. The number of carbonyl (C=O) groups excluding carboxylic acids is 2. The molecule has 1 aromatic heterocycles. The zero-order valence-corrected chi connectivity index (χ0v) is 25.5. The van der Waals surface area contributed by atoms with Crippen LogP contribution in [0, 0.1) is 11.2 Å². The Morgan fingerprint density at radius 3 is 2.40 bits per heavy atom. The highest BCUT2D eigenvalue weighted by atomic mass is 35.5. The van der Waals surface area contributed by atoms with Crippen LogP contribution in [-0.4, -0.2) is 66.3 Å². The molecule has 2 heterocycles. The van der Waals surface area contributed by atoms with Crippen LogP contribution >= 0.6 is 11.6 Å². The minimum atomic E-state index is -4.76. The van der Waals surface area contributed by atoms with Gasteiger partial charge in [0.1, 0.15) is 23.0 Å². The lowest BCUT2D eigenvalue weighted by Crippen LogP contribution is -2.69. The van der Waals surface area contributed by atoms with E-state index in [1.807, 2.05) is 6.07 Å². The quantitative estimate of drug-likeness (QED) is 0.302. The van der Waals surface area contributed by atoms with Crippen molar-refractivity contribution in [3.05, 3.63) is 94.5 Å². The van der Waals surface area contributed by atoms with E-state index in [2.05, 4.69) is 10.3 Å². The van der Waals surface area contributed by atoms with E-state index in [1.165, 1.54) is 27.4 Å². The van der Waals surface area contributed by atoms with Crippen molar-refractivity contribution in [3.63, 3.8) is 0 Å². The molecule has 0 radical (unpaired) electrons. The molecule has 1 saturated heterocycles. The van der Waals surface area contributed by atoms with Crippen LogP contribution in [0.1, 0.15) is 41.4 Å². The molecule has 0 bridgehead atoms. The second kappa shape index (κ2) is 12.6. The number of hydrogen-bond acceptors (Lipinski definition) is 6. The Labute approximate surface area is 262 Å². The maximum absolute atomic E-state index is 14.2. The third kappa shape index (κ3) is 6.92. The molecule has 3 aromatic rings. The van der Waals surface area contributed by atoms with Gasteiger partial charge in [-0.15, -0.1) is 0 Å². The number of pyridine rings is 1. The van der Waals surface area contributed by atoms with Crippen LogP contribution in [0.4, 0.5) is 22.4 Å². The Morgan fingerprint density at radius 1 is 1.13 bits per heavy atom. The highest BCUT2D eigenvalue weighted by Crippen LogP contribution is 2.52. The first-order chi connectivity index (χ1) is 21.2. The van der Waals surface area contributed by atoms with Crippen LogP contribution in [-0.2, 0) is 27.5 Å². The number of aromatic nitrogens is 1. The summed E-state index contributed by atoms with van der Waals surface area (Å²) < 4.78 is 86.1. The van der Waals surface area contributed by atoms with E-state index in [0.717, 1.165) is 17.8 Å². The monoisotopic (exact) mass is 668 g/mol. The van der Waals surface area contributed by atoms with Gasteiger partial charge in [-0.3, -0.25) is 9.78 Å². The van der Waals surface area contributed by atoms with Crippen LogP contribution in [0.3, 0.4) is 0 Å². The van der Waals surface area contributed by atoms with Crippen molar-refractivity contribution in [3.8, 4) is 0 Å². The van der Waals surface area contributed by atoms with Gasteiger partial charge in [-0.2, -0.15) is 17.5 Å². The molecule has 0 unspecified atom stereocenters. The molecule has 15 heteroatoms. The zero-order chi connectivity index (χ0) is 32.6. The number of benzene rings is 2. The number of alkyl halides is 3. The van der Waals surface area contributed by atoms with Crippen LogP contribution in [0.25, 0.3) is 0 Å². The predicted octanol–water partition coefficient (Wildman–Crippen LogP) is 5.50. The summed E-state index contributed by atoms with van der Waals surface area (Å²) in [7, 11) is -4.06. The van der Waals surface area contributed by atoms with Gasteiger partial charge in [0.2, 0.25) is 10.0 Å². The van der Waals surface area contributed by atoms with Crippen LogP contribution in [0.2, 0.25) is 5.02 Å². The van der Waals surface area contributed by atoms with Crippen molar-refractivity contribution in [1.29, 1.82) is 0 Å². The summed E-state index contributed by atoms with van der Waals surface area (Å²) >= 11 is 6.13. The molecule has 45 heavy (non-hydrogen) atoms. The van der Waals surface area contributed by atoms with Gasteiger partial charge in [-0.05, 0) is 43.5 Å². The molecule has 2 aliphatic rings. The normalized spacial score (nSPS) is 17.2. The third-order valence-electron chi connectivity index (χ3n) is 8.05. The van der Waals surface area contributed by atoms with Crippen LogP contribution in [0.5, 0.6) is 0 Å². The number of ether oxygens (including phenoxy) is 1. The van der Waals surface area contributed by atoms with Crippen molar-refractivity contribution in [2.45, 2.75) is 49.5 Å². The first-order valence-electron chi connectivity index (χ1n) is 13.9. The summed E-state index contributed by atoms with van der Waals surface area (Å²) in [5, 5.41) is 2.17. The topological polar surface area (TPSA) is 109 Å². The lowest BCUT2D eigenvalue weighted by atomic mass is 9.61. The second-order valence-electron chi connectivity index (χ2n) is 11.3. The van der Waals surface area contributed by atoms with Crippen molar-refractivity contribution < 1.29 is 40.3 Å². The van der Waals surface area contributed by atoms with E-state index >= 15 is 0 Å². The molecule has 240 valence electrons. The number of halogens is 5. The van der Waals surface area contributed by atoms with E-state index in [-0.39, 0.29) is 31.8 Å². The zero-order valence-electron chi connectivity index (χ0n) is 23.9. The molecule has 2 fully saturated rings. The number of rotatable bonds is 9. The van der Waals surface area contributed by atoms with Gasteiger partial charge >= 0.3 is 12.3 Å². The summed E-state index contributed by atoms with van der Waals surface area (Å²) in [6.07, 6.45) is -3.98. The van der Waals surface area contributed by atoms with Crippen molar-refractivity contribution in [2.75, 3.05) is 19.6 Å². The Bertz CT molecular complexity index is 1680. The summed E-state index contributed by atoms with van der Waals surface area (Å²) in [6, 6.07) is 13.5. The van der Waals surface area contributed by atoms with Gasteiger partial charge in [0, 0.05) is 43.3 Å². The Hall–Kier alpha value is -3.75.